The summed E-state index contributed by atoms with van der Waals surface area (Å²) in [4.78, 5) is 22.5. The van der Waals surface area contributed by atoms with Crippen molar-refractivity contribution in [3.05, 3.63) is 29.8 Å². The van der Waals surface area contributed by atoms with Crippen molar-refractivity contribution in [2.75, 3.05) is 20.3 Å². The van der Waals surface area contributed by atoms with Gasteiger partial charge in [-0.2, -0.15) is 0 Å². The van der Waals surface area contributed by atoms with Gasteiger partial charge in [-0.05, 0) is 31.0 Å². The molecule has 6 heteroatoms. The van der Waals surface area contributed by atoms with Gasteiger partial charge < -0.3 is 20.5 Å². The fraction of sp³-hybridized carbons (Fsp3) is 0.467. The van der Waals surface area contributed by atoms with Crippen molar-refractivity contribution in [3.8, 4) is 5.75 Å². The van der Waals surface area contributed by atoms with E-state index in [2.05, 4.69) is 10.1 Å². The Hall–Kier alpha value is -2.08. The highest BCUT2D eigenvalue weighted by Gasteiger charge is 2.14. The van der Waals surface area contributed by atoms with E-state index in [4.69, 9.17) is 10.5 Å². The number of carbonyl (C=O) groups is 2. The van der Waals surface area contributed by atoms with Gasteiger partial charge in [0.25, 0.3) is 0 Å². The van der Waals surface area contributed by atoms with Gasteiger partial charge >= 0.3 is 5.97 Å². The molecule has 0 aliphatic carbocycles. The van der Waals surface area contributed by atoms with Crippen molar-refractivity contribution in [2.24, 2.45) is 5.73 Å². The SMILES string of the molecule is CCNC(=O)CCOc1ccc(CC(N)C(=O)OC)cc1. The van der Waals surface area contributed by atoms with E-state index in [1.807, 2.05) is 19.1 Å². The van der Waals surface area contributed by atoms with Gasteiger partial charge in [-0.15, -0.1) is 0 Å². The second-order valence-corrected chi connectivity index (χ2v) is 4.53. The second kappa shape index (κ2) is 8.97. The lowest BCUT2D eigenvalue weighted by Crippen LogP contribution is -2.33. The second-order valence-electron chi connectivity index (χ2n) is 4.53. The van der Waals surface area contributed by atoms with E-state index in [1.54, 1.807) is 12.1 Å². The molecule has 0 aliphatic rings. The third-order valence-electron chi connectivity index (χ3n) is 2.85. The Labute approximate surface area is 124 Å². The van der Waals surface area contributed by atoms with Crippen molar-refractivity contribution in [1.82, 2.24) is 5.32 Å². The van der Waals surface area contributed by atoms with Crippen LogP contribution >= 0.6 is 0 Å². The van der Waals surface area contributed by atoms with E-state index in [0.717, 1.165) is 5.56 Å². The van der Waals surface area contributed by atoms with Crippen LogP contribution in [0.5, 0.6) is 5.75 Å². The molecule has 0 saturated heterocycles. The molecular weight excluding hydrogens is 272 g/mol. The Kier molecular flexibility index (Phi) is 7.25. The van der Waals surface area contributed by atoms with Gasteiger partial charge in [0.2, 0.25) is 5.91 Å². The molecule has 1 aromatic rings. The van der Waals surface area contributed by atoms with Crippen LogP contribution in [-0.4, -0.2) is 38.2 Å². The van der Waals surface area contributed by atoms with Gasteiger partial charge in [0, 0.05) is 6.54 Å². The Bertz CT molecular complexity index is 459. The van der Waals surface area contributed by atoms with Gasteiger partial charge in [-0.3, -0.25) is 9.59 Å². The molecule has 1 atom stereocenters. The van der Waals surface area contributed by atoms with Crippen LogP contribution in [0.1, 0.15) is 18.9 Å². The summed E-state index contributed by atoms with van der Waals surface area (Å²) in [5, 5.41) is 2.70. The molecule has 0 aliphatic heterocycles. The third kappa shape index (κ3) is 6.27. The summed E-state index contributed by atoms with van der Waals surface area (Å²) in [6.07, 6.45) is 0.731. The van der Waals surface area contributed by atoms with E-state index >= 15 is 0 Å². The third-order valence-corrected chi connectivity index (χ3v) is 2.85. The topological polar surface area (TPSA) is 90.6 Å². The number of nitrogens with two attached hydrogens (primary N) is 1. The molecule has 116 valence electrons. The van der Waals surface area contributed by atoms with Crippen molar-refractivity contribution in [2.45, 2.75) is 25.8 Å². The summed E-state index contributed by atoms with van der Waals surface area (Å²) >= 11 is 0. The Morgan fingerprint density at radius 1 is 1.29 bits per heavy atom. The number of ether oxygens (including phenoxy) is 2. The lowest BCUT2D eigenvalue weighted by atomic mass is 10.1. The van der Waals surface area contributed by atoms with E-state index in [9.17, 15) is 9.59 Å². The van der Waals surface area contributed by atoms with Crippen molar-refractivity contribution in [1.29, 1.82) is 0 Å². The van der Waals surface area contributed by atoms with Crippen molar-refractivity contribution >= 4 is 11.9 Å². The normalized spacial score (nSPS) is 11.6. The number of nitrogens with one attached hydrogen (secondary N) is 1. The number of carbonyl (C=O) groups excluding carboxylic acids is 2. The highest BCUT2D eigenvalue weighted by molar-refractivity contribution is 5.76. The summed E-state index contributed by atoms with van der Waals surface area (Å²) in [7, 11) is 1.31. The predicted octanol–water partition coefficient (Wildman–Crippen LogP) is 0.634. The molecule has 21 heavy (non-hydrogen) atoms. The zero-order valence-electron chi connectivity index (χ0n) is 12.4. The molecule has 6 nitrogen and oxygen atoms in total. The van der Waals surface area contributed by atoms with E-state index in [1.165, 1.54) is 7.11 Å². The average molecular weight is 294 g/mol. The van der Waals surface area contributed by atoms with Crippen LogP contribution in [0.25, 0.3) is 0 Å². The first-order valence-electron chi connectivity index (χ1n) is 6.88. The number of amides is 1. The minimum absolute atomic E-state index is 0.0295. The maximum Gasteiger partial charge on any atom is 0.322 e. The van der Waals surface area contributed by atoms with Crippen LogP contribution in [-0.2, 0) is 20.7 Å². The minimum atomic E-state index is -0.667. The monoisotopic (exact) mass is 294 g/mol. The van der Waals surface area contributed by atoms with Crippen molar-refractivity contribution < 1.29 is 19.1 Å². The molecule has 0 saturated carbocycles. The zero-order chi connectivity index (χ0) is 15.7. The largest absolute Gasteiger partial charge is 0.493 e. The van der Waals surface area contributed by atoms with Crippen LogP contribution in [0.2, 0.25) is 0 Å². The summed E-state index contributed by atoms with van der Waals surface area (Å²) < 4.78 is 10.0. The maximum atomic E-state index is 11.3. The first-order chi connectivity index (χ1) is 10.1. The highest BCUT2D eigenvalue weighted by Crippen LogP contribution is 2.13. The van der Waals surface area contributed by atoms with E-state index in [0.29, 0.717) is 31.7 Å². The molecule has 0 aromatic heterocycles. The van der Waals surface area contributed by atoms with E-state index in [-0.39, 0.29) is 5.91 Å². The van der Waals surface area contributed by atoms with Gasteiger partial charge in [0.15, 0.2) is 0 Å². The standard InChI is InChI=1S/C15H22N2O4/c1-3-17-14(18)8-9-21-12-6-4-11(5-7-12)10-13(16)15(19)20-2/h4-7,13H,3,8-10,16H2,1-2H3,(H,17,18). The van der Waals surface area contributed by atoms with E-state index < -0.39 is 12.0 Å². The zero-order valence-corrected chi connectivity index (χ0v) is 12.4. The van der Waals surface area contributed by atoms with Crippen LogP contribution in [0.3, 0.4) is 0 Å². The number of methoxy groups -OCH3 is 1. The Morgan fingerprint density at radius 2 is 1.95 bits per heavy atom. The molecule has 0 spiro atoms. The summed E-state index contributed by atoms with van der Waals surface area (Å²) in [5.41, 5.74) is 6.61. The summed E-state index contributed by atoms with van der Waals surface area (Å²) in [6, 6.07) is 6.59. The van der Waals surface area contributed by atoms with Gasteiger partial charge in [-0.25, -0.2) is 0 Å². The predicted molar refractivity (Wildman–Crippen MR) is 78.9 cm³/mol. The van der Waals surface area contributed by atoms with Crippen molar-refractivity contribution in [3.63, 3.8) is 0 Å². The minimum Gasteiger partial charge on any atom is -0.493 e. The summed E-state index contributed by atoms with van der Waals surface area (Å²) in [5.74, 6) is 0.213. The molecule has 1 rings (SSSR count). The lowest BCUT2D eigenvalue weighted by molar-refractivity contribution is -0.142. The van der Waals surface area contributed by atoms with Crippen LogP contribution < -0.4 is 15.8 Å². The smallest absolute Gasteiger partial charge is 0.322 e. The van der Waals surface area contributed by atoms with Crippen LogP contribution in [0, 0.1) is 0 Å². The summed E-state index contributed by atoms with van der Waals surface area (Å²) in [6.45, 7) is 2.82. The molecule has 0 fully saturated rings. The number of rotatable bonds is 8. The molecular formula is C15H22N2O4. The Morgan fingerprint density at radius 3 is 2.52 bits per heavy atom. The number of hydrogen-bond donors (Lipinski definition) is 2. The molecule has 1 aromatic carbocycles. The molecule has 0 radical (unpaired) electrons. The fourth-order valence-corrected chi connectivity index (χ4v) is 1.76. The number of esters is 1. The Balaban J connectivity index is 2.40. The van der Waals surface area contributed by atoms with Gasteiger partial charge in [-0.1, -0.05) is 12.1 Å². The maximum absolute atomic E-state index is 11.3. The lowest BCUT2D eigenvalue weighted by Gasteiger charge is -2.10. The van der Waals surface area contributed by atoms with Gasteiger partial charge in [0.05, 0.1) is 20.1 Å². The highest BCUT2D eigenvalue weighted by atomic mass is 16.5. The van der Waals surface area contributed by atoms with Gasteiger partial charge in [0.1, 0.15) is 11.8 Å². The first kappa shape index (κ1) is 17.0. The fourth-order valence-electron chi connectivity index (χ4n) is 1.76. The molecule has 0 bridgehead atoms. The first-order valence-corrected chi connectivity index (χ1v) is 6.88. The molecule has 1 amide bonds. The molecule has 3 N–H and O–H groups in total. The number of hydrogen-bond acceptors (Lipinski definition) is 5. The quantitative estimate of drug-likeness (QED) is 0.686. The number of benzene rings is 1. The average Bonchev–Trinajstić information content (AvgIpc) is 2.48. The molecule has 0 heterocycles. The van der Waals surface area contributed by atoms with Crippen LogP contribution in [0.15, 0.2) is 24.3 Å². The molecule has 1 unspecified atom stereocenters. The van der Waals surface area contributed by atoms with Crippen LogP contribution in [0.4, 0.5) is 0 Å².